The molecule has 2 bridgehead atoms. The van der Waals surface area contributed by atoms with Gasteiger partial charge in [-0.05, 0) is 138 Å². The van der Waals surface area contributed by atoms with Crippen LogP contribution in [-0.2, 0) is 12.9 Å². The first kappa shape index (κ1) is 54.5. The molecule has 0 spiro atoms. The summed E-state index contributed by atoms with van der Waals surface area (Å²) in [6, 6.07) is -0.835. The van der Waals surface area contributed by atoms with Crippen LogP contribution in [0.2, 0.25) is 0 Å². The Hall–Kier alpha value is 1.40. The van der Waals surface area contributed by atoms with E-state index in [1.165, 1.54) is 13.8 Å². The van der Waals surface area contributed by atoms with Crippen LogP contribution < -0.4 is 0 Å². The molecule has 0 aliphatic carbocycles. The smallest absolute Gasteiger partial charge is 0.370 e. The zero-order chi connectivity index (χ0) is 45.7. The number of hydrogen-bond acceptors (Lipinski definition) is 10. The van der Waals surface area contributed by atoms with E-state index in [0.717, 1.165) is 0 Å². The van der Waals surface area contributed by atoms with Gasteiger partial charge in [-0.2, -0.15) is 0 Å². The molecule has 11 nitrogen and oxygen atoms in total. The van der Waals surface area contributed by atoms with Crippen molar-refractivity contribution in [2.24, 2.45) is 28.5 Å². The fourth-order valence-electron chi connectivity index (χ4n) is 5.44. The summed E-state index contributed by atoms with van der Waals surface area (Å²) in [4.78, 5) is 13.2. The second kappa shape index (κ2) is 16.1. The third-order valence-corrected chi connectivity index (χ3v) is 34.5. The first-order valence-electron chi connectivity index (χ1n) is 19.9. The Bertz CT molecular complexity index is 1870. The van der Waals surface area contributed by atoms with Gasteiger partial charge < -0.3 is 10.00 Å². The third-order valence-electron chi connectivity index (χ3n) is 12.2. The van der Waals surface area contributed by atoms with Gasteiger partial charge in [-0.25, -0.2) is 4.74 Å². The van der Waals surface area contributed by atoms with Crippen LogP contribution in [-0.4, -0.2) is 90.5 Å². The molecule has 0 aromatic heterocycles. The lowest BCUT2D eigenvalue weighted by molar-refractivity contribution is 0.0893. The van der Waals surface area contributed by atoms with Crippen molar-refractivity contribution < 1.29 is 22.9 Å². The van der Waals surface area contributed by atoms with Crippen molar-refractivity contribution >= 4 is 71.6 Å². The molecule has 2 aliphatic rings. The van der Waals surface area contributed by atoms with Crippen LogP contribution in [0.4, 0.5) is 0 Å². The lowest BCUT2D eigenvalue weighted by Crippen LogP contribution is -2.47. The molecule has 0 saturated heterocycles. The standard InChI is InChI=1S/C37H80B2N6O5P6S/c1-26-31(12,13)52-42-33(16,17)35(20,21)55(47,45-37(24,25)46)50-56(57,43-28(3,4)5)36(22,23)34(18,19)44-54(39,49-52)32(14,15)27(2)40-51(29(6,7)8)48-53(38,41-26)30(9,10)11/h26-27,46-47,57H,1-25H3/q+2. The number of rotatable bonds is 1. The Kier molecular flexibility index (Phi) is 15.4. The molecule has 0 amide bonds. The van der Waals surface area contributed by atoms with Crippen LogP contribution in [0.5, 0.6) is 0 Å². The topological polar surface area (TPSA) is 142 Å². The van der Waals surface area contributed by atoms with E-state index in [1.807, 2.05) is 83.1 Å². The van der Waals surface area contributed by atoms with Crippen molar-refractivity contribution in [3.63, 3.8) is 0 Å². The highest BCUT2D eigenvalue weighted by atomic mass is 32.7. The second-order valence-electron chi connectivity index (χ2n) is 22.7. The van der Waals surface area contributed by atoms with E-state index >= 15 is 0 Å². The third kappa shape index (κ3) is 10.9. The summed E-state index contributed by atoms with van der Waals surface area (Å²) in [5.41, 5.74) is -4.48. The Morgan fingerprint density at radius 3 is 1.60 bits per heavy atom. The fraction of sp³-hybridized carbons (Fsp3) is 1.00. The molecule has 0 aromatic carbocycles. The van der Waals surface area contributed by atoms with Crippen LogP contribution in [0.1, 0.15) is 173 Å². The van der Waals surface area contributed by atoms with Crippen LogP contribution in [0.3, 0.4) is 0 Å². The maximum Gasteiger partial charge on any atom is 0.381 e. The molecule has 8 atom stereocenters. The molecule has 4 radical (unpaired) electrons. The van der Waals surface area contributed by atoms with E-state index in [2.05, 4.69) is 76.2 Å². The highest BCUT2D eigenvalue weighted by Gasteiger charge is 2.63. The van der Waals surface area contributed by atoms with Gasteiger partial charge in [-0.1, -0.05) is 44.1 Å². The summed E-state index contributed by atoms with van der Waals surface area (Å²) in [6.45, 7) is 46.5. The van der Waals surface area contributed by atoms with Crippen LogP contribution in [0.15, 0.2) is 28.5 Å². The summed E-state index contributed by atoms with van der Waals surface area (Å²) >= 11 is 5.43. The number of thiol groups is 1. The molecule has 2 aliphatic heterocycles. The van der Waals surface area contributed by atoms with E-state index in [0.29, 0.717) is 0 Å². The summed E-state index contributed by atoms with van der Waals surface area (Å²) in [7, 11) is 1.39. The van der Waals surface area contributed by atoms with Gasteiger partial charge in [0.1, 0.15) is 11.6 Å². The minimum absolute atomic E-state index is 0.368. The van der Waals surface area contributed by atoms with Crippen LogP contribution >= 0.6 is 56.4 Å². The van der Waals surface area contributed by atoms with Gasteiger partial charge in [-0.3, -0.25) is 18.5 Å². The first-order valence-corrected chi connectivity index (χ1v) is 30.2. The van der Waals surface area contributed by atoms with E-state index in [9.17, 15) is 10.00 Å². The zero-order valence-electron chi connectivity index (χ0n) is 40.2. The van der Waals surface area contributed by atoms with E-state index in [1.54, 1.807) is 0 Å². The molecule has 57 heavy (non-hydrogen) atoms. The molecule has 2 heterocycles. The summed E-state index contributed by atoms with van der Waals surface area (Å²) < 4.78 is 54.4. The summed E-state index contributed by atoms with van der Waals surface area (Å²) in [5.74, 6) is 0. The average Bonchev–Trinajstić information content (AvgIpc) is 2.91. The van der Waals surface area contributed by atoms with Crippen molar-refractivity contribution in [1.29, 1.82) is 0 Å². The minimum Gasteiger partial charge on any atom is -0.370 e. The second-order valence-corrected chi connectivity index (χ2v) is 40.5. The summed E-state index contributed by atoms with van der Waals surface area (Å²) in [5, 5.41) is 6.60. The van der Waals surface area contributed by atoms with Crippen molar-refractivity contribution in [2.75, 3.05) is 0 Å². The number of nitrogens with zero attached hydrogens (tertiary/aromatic N) is 6. The van der Waals surface area contributed by atoms with Gasteiger partial charge in [-0.15, -0.1) is 20.9 Å². The highest BCUT2D eigenvalue weighted by Crippen LogP contribution is 2.83. The number of hydrogen-bond donors (Lipinski definition) is 3. The molecular weight excluding hydrogens is 848 g/mol. The van der Waals surface area contributed by atoms with Gasteiger partial charge in [0.2, 0.25) is 7.51 Å². The minimum atomic E-state index is -4.08. The molecule has 0 aromatic rings. The summed E-state index contributed by atoms with van der Waals surface area (Å²) in [6.07, 6.45) is 0. The normalized spacial score (nSPS) is 37.5. The predicted octanol–water partition coefficient (Wildman–Crippen LogP) is 15.2. The van der Waals surface area contributed by atoms with Crippen molar-refractivity contribution in [2.45, 2.75) is 238 Å². The lowest BCUT2D eigenvalue weighted by Gasteiger charge is -2.52. The van der Waals surface area contributed by atoms with E-state index in [4.69, 9.17) is 68.8 Å². The van der Waals surface area contributed by atoms with Gasteiger partial charge in [0.25, 0.3) is 0 Å². The van der Waals surface area contributed by atoms with Crippen molar-refractivity contribution in [1.82, 2.24) is 0 Å². The number of fused-ring (bicyclic) bond motifs is 2. The molecule has 2 rings (SSSR count). The predicted molar refractivity (Wildman–Crippen MR) is 261 cm³/mol. The average molecular weight is 929 g/mol. The SMILES string of the molecule is [B]P1(C(C)(C)C)=NC(C)C(C)(C)[P+]2=NC(C)(C)C(C)(C)P(O)(=NC(C)(C)O)OP(S)(=NC(C)(C)C)C(C)(C)C(C)(C)N=P([B])(O2)C(C)(C)C(C)N=[P+](C(C)(C)C)O1. The molecule has 0 fully saturated rings. The molecular formula is C37H80B2N6O5P6S+2. The first-order chi connectivity index (χ1) is 24.5. The van der Waals surface area contributed by atoms with Crippen molar-refractivity contribution in [3.8, 4) is 0 Å². The van der Waals surface area contributed by atoms with Gasteiger partial charge in [0, 0.05) is 10.3 Å². The lowest BCUT2D eigenvalue weighted by atomic mass is 9.91. The maximum absolute atomic E-state index is 13.2. The molecule has 2 N–H and O–H groups in total. The highest BCUT2D eigenvalue weighted by molar-refractivity contribution is 8.48. The Labute approximate surface area is 359 Å². The van der Waals surface area contributed by atoms with Gasteiger partial charge in [0.15, 0.2) is 37.7 Å². The Morgan fingerprint density at radius 1 is 0.719 bits per heavy atom. The Balaban J connectivity index is 3.62. The number of aliphatic hydroxyl groups is 1. The van der Waals surface area contributed by atoms with Gasteiger partial charge >= 0.3 is 15.9 Å². The van der Waals surface area contributed by atoms with Crippen molar-refractivity contribution in [3.05, 3.63) is 0 Å². The zero-order valence-corrected chi connectivity index (χ0v) is 46.5. The largest absolute Gasteiger partial charge is 0.381 e. The maximum atomic E-state index is 13.2. The fourth-order valence-corrected chi connectivity index (χ4v) is 26.4. The van der Waals surface area contributed by atoms with E-state index in [-0.39, 0.29) is 5.16 Å². The van der Waals surface area contributed by atoms with Crippen LogP contribution in [0.25, 0.3) is 0 Å². The molecule has 328 valence electrons. The molecule has 8 unspecified atom stereocenters. The quantitative estimate of drug-likeness (QED) is 0.136. The monoisotopic (exact) mass is 928 g/mol. The van der Waals surface area contributed by atoms with E-state index < -0.39 is 104 Å². The molecule has 0 saturated carbocycles. The molecule has 20 heteroatoms. The van der Waals surface area contributed by atoms with Crippen LogP contribution in [0, 0.1) is 0 Å². The van der Waals surface area contributed by atoms with Gasteiger partial charge in [0.05, 0.1) is 41.8 Å². The Morgan fingerprint density at radius 2 is 1.19 bits per heavy atom.